The Bertz CT molecular complexity index is 1090. The first-order chi connectivity index (χ1) is 14.5. The first-order valence-corrected chi connectivity index (χ1v) is 9.87. The summed E-state index contributed by atoms with van der Waals surface area (Å²) in [4.78, 5) is 36.7. The molecule has 0 bridgehead atoms. The molecule has 3 aromatic rings. The van der Waals surface area contributed by atoms with E-state index in [0.29, 0.717) is 15.0 Å². The van der Waals surface area contributed by atoms with Crippen molar-refractivity contribution < 1.29 is 14.6 Å². The van der Waals surface area contributed by atoms with Gasteiger partial charge in [-0.1, -0.05) is 29.2 Å². The Labute approximate surface area is 176 Å². The minimum atomic E-state index is -0.763. The van der Waals surface area contributed by atoms with Gasteiger partial charge in [-0.3, -0.25) is 30.0 Å². The Morgan fingerprint density at radius 1 is 1.13 bits per heavy atom. The standard InChI is InChI=1S/C16H11N7O5S2/c24-14(9-29-16-21-20-15(30-16)11-4-1-2-7-17-11)19-18-8-10-12(22(25)26)5-3-6-13(10)23(27)28/h1-8H,9H2,(H,19,24)/b18-8+. The number of thioether (sulfide) groups is 1. The number of amides is 1. The fraction of sp³-hybridized carbons (Fsp3) is 0.0625. The zero-order valence-corrected chi connectivity index (χ0v) is 16.5. The highest BCUT2D eigenvalue weighted by atomic mass is 32.2. The van der Waals surface area contributed by atoms with Crippen LogP contribution in [0.2, 0.25) is 0 Å². The molecule has 0 aliphatic rings. The van der Waals surface area contributed by atoms with E-state index in [0.717, 1.165) is 30.1 Å². The van der Waals surface area contributed by atoms with Gasteiger partial charge in [-0.15, -0.1) is 10.2 Å². The molecular formula is C16H11N7O5S2. The predicted octanol–water partition coefficient (Wildman–Crippen LogP) is 2.66. The number of hydrogen-bond donors (Lipinski definition) is 1. The van der Waals surface area contributed by atoms with Crippen LogP contribution in [0.5, 0.6) is 0 Å². The Kier molecular flexibility index (Phi) is 6.71. The van der Waals surface area contributed by atoms with Crippen molar-refractivity contribution in [3.05, 3.63) is 68.4 Å². The molecule has 1 aromatic carbocycles. The van der Waals surface area contributed by atoms with Crippen LogP contribution in [0, 0.1) is 20.2 Å². The molecule has 2 heterocycles. The summed E-state index contributed by atoms with van der Waals surface area (Å²) in [6, 6.07) is 8.82. The van der Waals surface area contributed by atoms with Crippen LogP contribution in [0.3, 0.4) is 0 Å². The van der Waals surface area contributed by atoms with Crippen molar-refractivity contribution in [2.45, 2.75) is 4.34 Å². The summed E-state index contributed by atoms with van der Waals surface area (Å²) in [5.41, 5.74) is 1.55. The van der Waals surface area contributed by atoms with Crippen molar-refractivity contribution in [3.8, 4) is 10.7 Å². The number of hydrazone groups is 1. The largest absolute Gasteiger partial charge is 0.285 e. The number of carbonyl (C=O) groups is 1. The molecule has 14 heteroatoms. The number of rotatable bonds is 8. The molecule has 2 aromatic heterocycles. The minimum Gasteiger partial charge on any atom is -0.272 e. The third-order valence-electron chi connectivity index (χ3n) is 3.45. The first-order valence-electron chi connectivity index (χ1n) is 8.07. The highest BCUT2D eigenvalue weighted by Gasteiger charge is 2.23. The van der Waals surface area contributed by atoms with Crippen molar-refractivity contribution in [1.82, 2.24) is 20.6 Å². The highest BCUT2D eigenvalue weighted by Crippen LogP contribution is 2.28. The number of nitrogens with one attached hydrogen (secondary N) is 1. The molecule has 0 aliphatic carbocycles. The topological polar surface area (TPSA) is 166 Å². The summed E-state index contributed by atoms with van der Waals surface area (Å²) in [5.74, 6) is -0.570. The van der Waals surface area contributed by atoms with E-state index in [1.165, 1.54) is 17.4 Å². The number of nitrogens with zero attached hydrogens (tertiary/aromatic N) is 6. The van der Waals surface area contributed by atoms with Crippen LogP contribution < -0.4 is 5.43 Å². The molecule has 1 amide bonds. The molecule has 0 fully saturated rings. The van der Waals surface area contributed by atoms with Crippen LogP contribution in [0.4, 0.5) is 11.4 Å². The monoisotopic (exact) mass is 445 g/mol. The van der Waals surface area contributed by atoms with Gasteiger partial charge in [-0.2, -0.15) is 5.10 Å². The van der Waals surface area contributed by atoms with Crippen LogP contribution in [0.1, 0.15) is 5.56 Å². The number of hydrogen-bond acceptors (Lipinski definition) is 11. The normalized spacial score (nSPS) is 10.8. The van der Waals surface area contributed by atoms with E-state index in [1.807, 2.05) is 6.07 Å². The highest BCUT2D eigenvalue weighted by molar-refractivity contribution is 8.01. The van der Waals surface area contributed by atoms with E-state index < -0.39 is 27.1 Å². The second-order valence-corrected chi connectivity index (χ2v) is 7.59. The molecule has 1 N–H and O–H groups in total. The molecule has 3 rings (SSSR count). The minimum absolute atomic E-state index is 0.0484. The van der Waals surface area contributed by atoms with E-state index in [-0.39, 0.29) is 11.3 Å². The lowest BCUT2D eigenvalue weighted by atomic mass is 10.1. The third-order valence-corrected chi connectivity index (χ3v) is 5.53. The molecule has 0 unspecified atom stereocenters. The number of nitro groups is 2. The van der Waals surface area contributed by atoms with Crippen molar-refractivity contribution in [1.29, 1.82) is 0 Å². The Morgan fingerprint density at radius 3 is 2.50 bits per heavy atom. The van der Waals surface area contributed by atoms with Crippen LogP contribution in [0.15, 0.2) is 52.0 Å². The zero-order chi connectivity index (χ0) is 21.5. The smallest absolute Gasteiger partial charge is 0.272 e. The van der Waals surface area contributed by atoms with Gasteiger partial charge < -0.3 is 0 Å². The molecule has 30 heavy (non-hydrogen) atoms. The van der Waals surface area contributed by atoms with Crippen LogP contribution >= 0.6 is 23.1 Å². The van der Waals surface area contributed by atoms with Crippen molar-refractivity contribution in [2.24, 2.45) is 5.10 Å². The second kappa shape index (κ2) is 9.62. The number of carbonyl (C=O) groups excluding carboxylic acids is 1. The van der Waals surface area contributed by atoms with Gasteiger partial charge in [-0.25, -0.2) is 5.43 Å². The average Bonchev–Trinajstić information content (AvgIpc) is 3.22. The lowest BCUT2D eigenvalue weighted by Gasteiger charge is -2.00. The van der Waals surface area contributed by atoms with E-state index in [2.05, 4.69) is 25.7 Å². The molecule has 0 saturated carbocycles. The van der Waals surface area contributed by atoms with E-state index in [9.17, 15) is 25.0 Å². The summed E-state index contributed by atoms with van der Waals surface area (Å²) in [6.07, 6.45) is 2.51. The number of nitro benzene ring substituents is 2. The van der Waals surface area contributed by atoms with Crippen LogP contribution in [-0.2, 0) is 4.79 Å². The van der Waals surface area contributed by atoms with Crippen molar-refractivity contribution >= 4 is 46.6 Å². The zero-order valence-electron chi connectivity index (χ0n) is 14.9. The average molecular weight is 445 g/mol. The number of benzene rings is 1. The second-order valence-electron chi connectivity index (χ2n) is 5.39. The van der Waals surface area contributed by atoms with Crippen molar-refractivity contribution in [3.63, 3.8) is 0 Å². The lowest BCUT2D eigenvalue weighted by molar-refractivity contribution is -0.394. The molecule has 0 radical (unpaired) electrons. The van der Waals surface area contributed by atoms with Crippen LogP contribution in [0.25, 0.3) is 10.7 Å². The van der Waals surface area contributed by atoms with Crippen molar-refractivity contribution in [2.75, 3.05) is 5.75 Å². The summed E-state index contributed by atoms with van der Waals surface area (Å²) >= 11 is 2.39. The summed E-state index contributed by atoms with van der Waals surface area (Å²) in [5, 5.41) is 34.4. The van der Waals surface area contributed by atoms with Gasteiger partial charge in [0.25, 0.3) is 17.3 Å². The molecule has 0 atom stereocenters. The van der Waals surface area contributed by atoms with Gasteiger partial charge in [-0.05, 0) is 18.2 Å². The fourth-order valence-electron chi connectivity index (χ4n) is 2.18. The third kappa shape index (κ3) is 5.18. The summed E-state index contributed by atoms with van der Waals surface area (Å²) < 4.78 is 0.545. The SMILES string of the molecule is O=C(CSc1nnc(-c2ccccn2)s1)N/N=C/c1c([N+](=O)[O-])cccc1[N+](=O)[O-]. The molecule has 0 aliphatic heterocycles. The van der Waals surface area contributed by atoms with E-state index >= 15 is 0 Å². The van der Waals surface area contributed by atoms with Gasteiger partial charge >= 0.3 is 0 Å². The molecule has 12 nitrogen and oxygen atoms in total. The summed E-state index contributed by atoms with van der Waals surface area (Å²) in [7, 11) is 0. The number of aromatic nitrogens is 3. The van der Waals surface area contributed by atoms with Gasteiger partial charge in [0.05, 0.1) is 21.8 Å². The fourth-order valence-corrected chi connectivity index (χ4v) is 3.80. The molecule has 0 saturated heterocycles. The van der Waals surface area contributed by atoms with Gasteiger partial charge in [0, 0.05) is 18.3 Å². The Hall–Kier alpha value is -3.78. The summed E-state index contributed by atoms with van der Waals surface area (Å²) in [6.45, 7) is 0. The first kappa shape index (κ1) is 20.9. The lowest BCUT2D eigenvalue weighted by Crippen LogP contribution is -2.19. The quantitative estimate of drug-likeness (QED) is 0.237. The maximum absolute atomic E-state index is 12.0. The Balaban J connectivity index is 1.61. The molecule has 152 valence electrons. The molecular weight excluding hydrogens is 434 g/mol. The maximum atomic E-state index is 12.0. The Morgan fingerprint density at radius 2 is 1.87 bits per heavy atom. The van der Waals surface area contributed by atoms with Gasteiger partial charge in [0.15, 0.2) is 9.35 Å². The molecule has 0 spiro atoms. The number of pyridine rings is 1. The van der Waals surface area contributed by atoms with E-state index in [1.54, 1.807) is 18.3 Å². The van der Waals surface area contributed by atoms with Gasteiger partial charge in [0.1, 0.15) is 11.3 Å². The van der Waals surface area contributed by atoms with Crippen LogP contribution in [-0.4, -0.2) is 42.9 Å². The van der Waals surface area contributed by atoms with Gasteiger partial charge in [0.2, 0.25) is 0 Å². The van der Waals surface area contributed by atoms with E-state index in [4.69, 9.17) is 0 Å². The maximum Gasteiger partial charge on any atom is 0.285 e. The predicted molar refractivity (Wildman–Crippen MR) is 109 cm³/mol.